The second kappa shape index (κ2) is 8.15. The van der Waals surface area contributed by atoms with E-state index >= 15 is 0 Å². The Balaban J connectivity index is 1.89. The van der Waals surface area contributed by atoms with Crippen LogP contribution >= 0.6 is 0 Å². The molecular formula is C17H17N3O8. The molecule has 28 heavy (non-hydrogen) atoms. The monoisotopic (exact) mass is 391 g/mol. The zero-order valence-corrected chi connectivity index (χ0v) is 15.0. The van der Waals surface area contributed by atoms with Crippen molar-refractivity contribution in [2.45, 2.75) is 6.29 Å². The van der Waals surface area contributed by atoms with Crippen LogP contribution < -0.4 is 5.43 Å². The number of esters is 2. The molecule has 1 N–H and O–H groups in total. The number of carbonyl (C=O) groups excluding carboxylic acids is 2. The molecule has 11 nitrogen and oxygen atoms in total. The van der Waals surface area contributed by atoms with Crippen LogP contribution in [0.5, 0.6) is 0 Å². The van der Waals surface area contributed by atoms with Gasteiger partial charge in [-0.15, -0.1) is 0 Å². The van der Waals surface area contributed by atoms with Crippen LogP contribution in [-0.2, 0) is 28.5 Å². The Labute approximate surface area is 159 Å². The minimum Gasteiger partial charge on any atom is -0.464 e. The van der Waals surface area contributed by atoms with E-state index in [1.807, 2.05) is 0 Å². The van der Waals surface area contributed by atoms with Gasteiger partial charge in [-0.3, -0.25) is 15.5 Å². The number of hydrogen-bond donors (Lipinski definition) is 1. The number of nitrogens with one attached hydrogen (secondary N) is 1. The third-order valence-electron chi connectivity index (χ3n) is 4.32. The second-order valence-electron chi connectivity index (χ2n) is 5.87. The maximum atomic E-state index is 12.0. The standard InChI is InChI=1S/C17H17N3O8/c1-25-15(21)13-11-7-27-17(9-3-5-10(6-4-9)20(23)24)28-8-12(11)14(19-18-13)16(22)26-2/h3-6,11,17,19H,7-8H2,1-2H3/t11-,17-/m1/s1. The molecule has 0 spiro atoms. The summed E-state index contributed by atoms with van der Waals surface area (Å²) < 4.78 is 21.0. The van der Waals surface area contributed by atoms with Crippen molar-refractivity contribution in [3.8, 4) is 0 Å². The Bertz CT molecular complexity index is 862. The van der Waals surface area contributed by atoms with Gasteiger partial charge >= 0.3 is 11.9 Å². The van der Waals surface area contributed by atoms with Gasteiger partial charge in [-0.2, -0.15) is 5.10 Å². The van der Waals surface area contributed by atoms with E-state index in [0.717, 1.165) is 0 Å². The van der Waals surface area contributed by atoms with Crippen molar-refractivity contribution in [1.82, 2.24) is 5.43 Å². The fourth-order valence-electron chi connectivity index (χ4n) is 2.87. The first-order chi connectivity index (χ1) is 13.5. The summed E-state index contributed by atoms with van der Waals surface area (Å²) in [6, 6.07) is 5.70. The van der Waals surface area contributed by atoms with Crippen molar-refractivity contribution in [2.75, 3.05) is 27.4 Å². The van der Waals surface area contributed by atoms with Gasteiger partial charge in [-0.05, 0) is 17.7 Å². The lowest BCUT2D eigenvalue weighted by Gasteiger charge is -2.24. The van der Waals surface area contributed by atoms with Crippen molar-refractivity contribution in [2.24, 2.45) is 11.0 Å². The largest absolute Gasteiger partial charge is 0.464 e. The number of hydrazone groups is 1. The minimum absolute atomic E-state index is 0.0207. The van der Waals surface area contributed by atoms with Crippen LogP contribution in [0.15, 0.2) is 40.6 Å². The summed E-state index contributed by atoms with van der Waals surface area (Å²) >= 11 is 0. The molecule has 0 bridgehead atoms. The van der Waals surface area contributed by atoms with E-state index in [1.165, 1.54) is 38.5 Å². The van der Waals surface area contributed by atoms with E-state index in [1.54, 1.807) is 0 Å². The predicted molar refractivity (Wildman–Crippen MR) is 92.9 cm³/mol. The van der Waals surface area contributed by atoms with Gasteiger partial charge in [0.1, 0.15) is 5.70 Å². The summed E-state index contributed by atoms with van der Waals surface area (Å²) in [5.74, 6) is -2.01. The lowest BCUT2D eigenvalue weighted by atomic mass is 9.92. The third kappa shape index (κ3) is 3.70. The predicted octanol–water partition coefficient (Wildman–Crippen LogP) is 0.816. The van der Waals surface area contributed by atoms with E-state index in [2.05, 4.69) is 10.5 Å². The van der Waals surface area contributed by atoms with Gasteiger partial charge in [-0.25, -0.2) is 9.59 Å². The molecule has 0 amide bonds. The van der Waals surface area contributed by atoms with Crippen molar-refractivity contribution >= 4 is 23.3 Å². The Hall–Kier alpha value is -3.31. The van der Waals surface area contributed by atoms with Crippen molar-refractivity contribution in [3.63, 3.8) is 0 Å². The average Bonchev–Trinajstić information content (AvgIpc) is 2.95. The minimum atomic E-state index is -0.850. The number of hydrogen-bond acceptors (Lipinski definition) is 10. The number of rotatable bonds is 4. The number of benzene rings is 1. The number of ether oxygens (including phenoxy) is 4. The van der Waals surface area contributed by atoms with E-state index in [4.69, 9.17) is 18.9 Å². The van der Waals surface area contributed by atoms with Gasteiger partial charge in [0.2, 0.25) is 0 Å². The van der Waals surface area contributed by atoms with E-state index in [0.29, 0.717) is 11.1 Å². The Morgan fingerprint density at radius 1 is 1.18 bits per heavy atom. The molecule has 1 aromatic rings. The smallest absolute Gasteiger partial charge is 0.356 e. The molecule has 0 aromatic heterocycles. The van der Waals surface area contributed by atoms with E-state index in [9.17, 15) is 19.7 Å². The number of methoxy groups -OCH3 is 2. The summed E-state index contributed by atoms with van der Waals surface area (Å²) in [7, 11) is 2.44. The van der Waals surface area contributed by atoms with Crippen molar-refractivity contribution in [1.29, 1.82) is 0 Å². The maximum Gasteiger partial charge on any atom is 0.356 e. The lowest BCUT2D eigenvalue weighted by molar-refractivity contribution is -0.384. The molecule has 148 valence electrons. The molecule has 11 heteroatoms. The summed E-state index contributed by atoms with van der Waals surface area (Å²) in [4.78, 5) is 34.4. The third-order valence-corrected chi connectivity index (χ3v) is 4.32. The van der Waals surface area contributed by atoms with Crippen molar-refractivity contribution < 1.29 is 33.5 Å². The number of nitrogens with zero attached hydrogens (tertiary/aromatic N) is 2. The Morgan fingerprint density at radius 3 is 2.46 bits per heavy atom. The fraction of sp³-hybridized carbons (Fsp3) is 0.353. The quantitative estimate of drug-likeness (QED) is 0.449. The van der Waals surface area contributed by atoms with Crippen LogP contribution in [0.4, 0.5) is 5.69 Å². The molecule has 2 atom stereocenters. The van der Waals surface area contributed by atoms with Gasteiger partial charge in [0, 0.05) is 17.7 Å². The average molecular weight is 391 g/mol. The molecular weight excluding hydrogens is 374 g/mol. The Morgan fingerprint density at radius 2 is 1.86 bits per heavy atom. The van der Waals surface area contributed by atoms with Gasteiger partial charge in [0.15, 0.2) is 12.0 Å². The summed E-state index contributed by atoms with van der Waals surface area (Å²) in [6.45, 7) is -0.0765. The highest BCUT2D eigenvalue weighted by Gasteiger charge is 2.38. The fourth-order valence-corrected chi connectivity index (χ4v) is 2.87. The van der Waals surface area contributed by atoms with Gasteiger partial charge < -0.3 is 18.9 Å². The van der Waals surface area contributed by atoms with Crippen LogP contribution in [0.1, 0.15) is 11.9 Å². The zero-order chi connectivity index (χ0) is 20.3. The molecule has 1 aromatic carbocycles. The van der Waals surface area contributed by atoms with Crippen molar-refractivity contribution in [3.05, 3.63) is 51.2 Å². The topological polar surface area (TPSA) is 139 Å². The summed E-state index contributed by atoms with van der Waals surface area (Å²) in [6.07, 6.45) is -0.850. The van der Waals surface area contributed by atoms with E-state index in [-0.39, 0.29) is 30.3 Å². The number of nitro groups is 1. The molecule has 0 saturated carbocycles. The highest BCUT2D eigenvalue weighted by molar-refractivity contribution is 6.38. The highest BCUT2D eigenvalue weighted by atomic mass is 16.7. The summed E-state index contributed by atoms with van der Waals surface area (Å²) in [5, 5.41) is 14.7. The molecule has 1 saturated heterocycles. The molecule has 0 aliphatic carbocycles. The van der Waals surface area contributed by atoms with Gasteiger partial charge in [0.05, 0.1) is 38.3 Å². The Kier molecular flexibility index (Phi) is 5.66. The first-order valence-electron chi connectivity index (χ1n) is 8.17. The van der Waals surface area contributed by atoms with E-state index < -0.39 is 29.1 Å². The van der Waals surface area contributed by atoms with Crippen LogP contribution in [-0.4, -0.2) is 50.0 Å². The molecule has 2 aliphatic heterocycles. The maximum absolute atomic E-state index is 12.0. The van der Waals surface area contributed by atoms with Crippen LogP contribution in [0.2, 0.25) is 0 Å². The lowest BCUT2D eigenvalue weighted by Crippen LogP contribution is -2.39. The number of nitro benzene ring substituents is 1. The number of non-ortho nitro benzene ring substituents is 1. The number of fused-ring (bicyclic) bond motifs is 1. The molecule has 2 heterocycles. The molecule has 0 radical (unpaired) electrons. The molecule has 2 aliphatic rings. The second-order valence-corrected chi connectivity index (χ2v) is 5.87. The molecule has 3 rings (SSSR count). The SMILES string of the molecule is COC(=O)C1=NNC(C(=O)OC)=C2CO[C@H](c3ccc([N+](=O)[O-])cc3)OC[C@@H]12. The number of carbonyl (C=O) groups is 2. The van der Waals surface area contributed by atoms with Crippen LogP contribution in [0.25, 0.3) is 0 Å². The van der Waals surface area contributed by atoms with Gasteiger partial charge in [0.25, 0.3) is 5.69 Å². The normalized spacial score (nSPS) is 21.6. The molecule has 0 unspecified atom stereocenters. The first kappa shape index (κ1) is 19.5. The zero-order valence-electron chi connectivity index (χ0n) is 15.0. The summed E-state index contributed by atoms with van der Waals surface area (Å²) in [5.41, 5.74) is 3.54. The first-order valence-corrected chi connectivity index (χ1v) is 8.17. The van der Waals surface area contributed by atoms with Gasteiger partial charge in [-0.1, -0.05) is 0 Å². The van der Waals surface area contributed by atoms with Crippen LogP contribution in [0, 0.1) is 16.0 Å². The van der Waals surface area contributed by atoms with Crippen LogP contribution in [0.3, 0.4) is 0 Å². The highest BCUT2D eigenvalue weighted by Crippen LogP contribution is 2.32. The molecule has 1 fully saturated rings.